The average molecular weight is 652 g/mol. The lowest BCUT2D eigenvalue weighted by atomic mass is 10.1. The Kier molecular flexibility index (Phi) is 7.83. The third-order valence-electron chi connectivity index (χ3n) is 6.47. The van der Waals surface area contributed by atoms with Gasteiger partial charge in [-0.15, -0.1) is 16.4 Å². The first kappa shape index (κ1) is 28.0. The number of ether oxygens (including phenoxy) is 1. The van der Waals surface area contributed by atoms with E-state index in [2.05, 4.69) is 52.9 Å². The number of amides is 1. The molecule has 0 radical (unpaired) electrons. The lowest BCUT2D eigenvalue weighted by Gasteiger charge is -2.13. The van der Waals surface area contributed by atoms with Crippen LogP contribution in [0, 0.1) is 25.2 Å². The van der Waals surface area contributed by atoms with Crippen LogP contribution in [-0.2, 0) is 11.3 Å². The number of aromatic nitrogens is 5. The van der Waals surface area contributed by atoms with Crippen LogP contribution in [0.25, 0.3) is 21.5 Å². The highest BCUT2D eigenvalue weighted by Gasteiger charge is 2.15. The Hall–Kier alpha value is -5.12. The summed E-state index contributed by atoms with van der Waals surface area (Å²) in [5, 5.41) is 25.7. The first-order chi connectivity index (χ1) is 20.8. The smallest absolute Gasteiger partial charge is 0.246 e. The largest absolute Gasteiger partial charge is 0.437 e. The second-order valence-electron chi connectivity index (χ2n) is 9.70. The molecule has 3 aromatic heterocycles. The Balaban J connectivity index is 1.16. The third kappa shape index (κ3) is 6.38. The zero-order valence-corrected chi connectivity index (χ0v) is 25.4. The fourth-order valence-corrected chi connectivity index (χ4v) is 5.50. The summed E-state index contributed by atoms with van der Waals surface area (Å²) in [7, 11) is 0. The van der Waals surface area contributed by atoms with E-state index in [9.17, 15) is 10.1 Å². The van der Waals surface area contributed by atoms with E-state index in [4.69, 9.17) is 4.74 Å². The molecule has 0 fully saturated rings. The van der Waals surface area contributed by atoms with Gasteiger partial charge >= 0.3 is 0 Å². The molecule has 10 nitrogen and oxygen atoms in total. The predicted molar refractivity (Wildman–Crippen MR) is 170 cm³/mol. The molecule has 0 unspecified atom stereocenters. The van der Waals surface area contributed by atoms with Gasteiger partial charge in [0.05, 0.1) is 23.3 Å². The zero-order chi connectivity index (χ0) is 29.9. The number of hydrogen-bond acceptors (Lipinski definition) is 9. The molecule has 6 aromatic rings. The quantitative estimate of drug-likeness (QED) is 0.174. The topological polar surface area (TPSA) is 131 Å². The van der Waals surface area contributed by atoms with Crippen molar-refractivity contribution < 1.29 is 9.53 Å². The van der Waals surface area contributed by atoms with Crippen molar-refractivity contribution in [2.45, 2.75) is 20.4 Å². The van der Waals surface area contributed by atoms with E-state index < -0.39 is 0 Å². The highest BCUT2D eigenvalue weighted by Crippen LogP contribution is 2.36. The minimum atomic E-state index is -0.200. The van der Waals surface area contributed by atoms with Crippen LogP contribution in [0.4, 0.5) is 17.3 Å². The van der Waals surface area contributed by atoms with Gasteiger partial charge < -0.3 is 15.4 Å². The number of carbonyl (C=O) groups is 1. The lowest BCUT2D eigenvalue weighted by molar-refractivity contribution is -0.116. The van der Waals surface area contributed by atoms with Crippen LogP contribution in [0.15, 0.2) is 82.8 Å². The van der Waals surface area contributed by atoms with Crippen LogP contribution in [0.1, 0.15) is 16.7 Å². The molecule has 0 saturated carbocycles. The molecule has 3 aromatic carbocycles. The van der Waals surface area contributed by atoms with Crippen LogP contribution in [0.3, 0.4) is 0 Å². The normalized spacial score (nSPS) is 10.8. The molecule has 1 amide bonds. The molecule has 6 rings (SSSR count). The molecular weight excluding hydrogens is 628 g/mol. The fourth-order valence-electron chi connectivity index (χ4n) is 4.48. The average Bonchev–Trinajstić information content (AvgIpc) is 3.66. The summed E-state index contributed by atoms with van der Waals surface area (Å²) in [5.74, 6) is 1.30. The Labute approximate surface area is 259 Å². The van der Waals surface area contributed by atoms with Gasteiger partial charge in [0.1, 0.15) is 22.7 Å². The predicted octanol–water partition coefficient (Wildman–Crippen LogP) is 7.38. The van der Waals surface area contributed by atoms with Crippen molar-refractivity contribution in [2.75, 3.05) is 10.6 Å². The molecule has 43 heavy (non-hydrogen) atoms. The van der Waals surface area contributed by atoms with Gasteiger partial charge in [-0.1, -0.05) is 33.3 Å². The van der Waals surface area contributed by atoms with E-state index in [1.54, 1.807) is 18.3 Å². The summed E-state index contributed by atoms with van der Waals surface area (Å²) in [4.78, 5) is 21.7. The van der Waals surface area contributed by atoms with Crippen molar-refractivity contribution in [1.82, 2.24) is 25.0 Å². The van der Waals surface area contributed by atoms with Crippen molar-refractivity contribution in [3.8, 4) is 29.0 Å². The van der Waals surface area contributed by atoms with Gasteiger partial charge in [-0.3, -0.25) is 4.79 Å². The third-order valence-corrected chi connectivity index (χ3v) is 7.89. The van der Waals surface area contributed by atoms with Crippen molar-refractivity contribution >= 4 is 60.7 Å². The van der Waals surface area contributed by atoms with E-state index in [1.807, 2.05) is 73.8 Å². The standard InChI is InChI=1S/C31H23BrN8O2S/c1-18-13-20(15-33)14-19(2)28(18)42-30-29-25(11-12-43-29)36-31(37-30)35-24-7-3-21(4-8-24)26-16-40(39-38-26)17-27(41)34-23-9-5-22(32)6-10-23/h3-14,16H,17H2,1-2H3,(H,34,41)(H,35,36,37). The van der Waals surface area contributed by atoms with Crippen LogP contribution in [0.5, 0.6) is 11.6 Å². The Morgan fingerprint density at radius 2 is 1.74 bits per heavy atom. The maximum absolute atomic E-state index is 12.4. The molecule has 2 N–H and O–H groups in total. The van der Waals surface area contributed by atoms with E-state index in [0.717, 1.165) is 37.1 Å². The van der Waals surface area contributed by atoms with Crippen molar-refractivity contribution in [1.29, 1.82) is 5.26 Å². The SMILES string of the molecule is Cc1cc(C#N)cc(C)c1Oc1nc(Nc2ccc(-c3cn(CC(=O)Nc4ccc(Br)cc4)nn3)cc2)nc2ccsc12. The Morgan fingerprint density at radius 1 is 1.02 bits per heavy atom. The summed E-state index contributed by atoms with van der Waals surface area (Å²) < 4.78 is 9.56. The number of nitrogens with one attached hydrogen (secondary N) is 2. The number of rotatable bonds is 8. The molecule has 3 heterocycles. The number of halogens is 1. The van der Waals surface area contributed by atoms with Gasteiger partial charge in [0.15, 0.2) is 0 Å². The summed E-state index contributed by atoms with van der Waals surface area (Å²) in [6, 6.07) is 22.7. The van der Waals surface area contributed by atoms with Gasteiger partial charge in [0, 0.05) is 21.4 Å². The number of fused-ring (bicyclic) bond motifs is 1. The minimum Gasteiger partial charge on any atom is -0.437 e. The molecule has 0 aliphatic carbocycles. The number of nitriles is 1. The maximum Gasteiger partial charge on any atom is 0.246 e. The number of aryl methyl sites for hydroxylation is 2. The highest BCUT2D eigenvalue weighted by atomic mass is 79.9. The van der Waals surface area contributed by atoms with E-state index >= 15 is 0 Å². The van der Waals surface area contributed by atoms with Gasteiger partial charge in [0.25, 0.3) is 0 Å². The summed E-state index contributed by atoms with van der Waals surface area (Å²) in [5.41, 5.74) is 6.02. The lowest BCUT2D eigenvalue weighted by Crippen LogP contribution is -2.19. The second kappa shape index (κ2) is 12.0. The number of anilines is 3. The molecule has 0 aliphatic rings. The van der Waals surface area contributed by atoms with Crippen LogP contribution < -0.4 is 15.4 Å². The van der Waals surface area contributed by atoms with Crippen molar-refractivity contribution in [3.63, 3.8) is 0 Å². The number of hydrogen-bond donors (Lipinski definition) is 2. The molecule has 0 bridgehead atoms. The molecule has 212 valence electrons. The Bertz CT molecular complexity index is 1970. The number of nitrogens with zero attached hydrogens (tertiary/aromatic N) is 6. The van der Waals surface area contributed by atoms with Crippen LogP contribution in [-0.4, -0.2) is 30.9 Å². The molecule has 0 aliphatic heterocycles. The summed E-state index contributed by atoms with van der Waals surface area (Å²) >= 11 is 4.88. The van der Waals surface area contributed by atoms with Crippen LogP contribution in [0.2, 0.25) is 0 Å². The van der Waals surface area contributed by atoms with Crippen molar-refractivity contribution in [2.24, 2.45) is 0 Å². The van der Waals surface area contributed by atoms with Gasteiger partial charge in [0.2, 0.25) is 17.7 Å². The summed E-state index contributed by atoms with van der Waals surface area (Å²) in [6.45, 7) is 3.86. The minimum absolute atomic E-state index is 0.0387. The van der Waals surface area contributed by atoms with Gasteiger partial charge in [-0.25, -0.2) is 9.67 Å². The summed E-state index contributed by atoms with van der Waals surface area (Å²) in [6.07, 6.45) is 1.73. The molecule has 12 heteroatoms. The number of thiophene rings is 1. The monoisotopic (exact) mass is 650 g/mol. The number of benzene rings is 3. The van der Waals surface area contributed by atoms with E-state index in [0.29, 0.717) is 34.5 Å². The highest BCUT2D eigenvalue weighted by molar-refractivity contribution is 9.10. The Morgan fingerprint density at radius 3 is 2.47 bits per heavy atom. The van der Waals surface area contributed by atoms with Gasteiger partial charge in [-0.05, 0) is 85.0 Å². The first-order valence-electron chi connectivity index (χ1n) is 13.1. The molecular formula is C31H23BrN8O2S. The van der Waals surface area contributed by atoms with Crippen LogP contribution >= 0.6 is 27.3 Å². The second-order valence-corrected chi connectivity index (χ2v) is 11.5. The number of carbonyl (C=O) groups excluding carboxylic acids is 1. The zero-order valence-electron chi connectivity index (χ0n) is 23.0. The van der Waals surface area contributed by atoms with Gasteiger partial charge in [-0.2, -0.15) is 10.2 Å². The molecule has 0 saturated heterocycles. The first-order valence-corrected chi connectivity index (χ1v) is 14.8. The molecule has 0 spiro atoms. The van der Waals surface area contributed by atoms with Crippen molar-refractivity contribution in [3.05, 3.63) is 99.5 Å². The van der Waals surface area contributed by atoms with E-state index in [-0.39, 0.29) is 12.5 Å². The fraction of sp³-hybridized carbons (Fsp3) is 0.0968. The molecule has 0 atom stereocenters. The maximum atomic E-state index is 12.4. The van der Waals surface area contributed by atoms with E-state index in [1.165, 1.54) is 16.0 Å².